The highest BCUT2D eigenvalue weighted by Gasteiger charge is 2.04. The third kappa shape index (κ3) is 1.21. The van der Waals surface area contributed by atoms with E-state index in [1.807, 2.05) is 35.0 Å². The lowest BCUT2D eigenvalue weighted by Crippen LogP contribution is -1.92. The summed E-state index contributed by atoms with van der Waals surface area (Å²) in [5.41, 5.74) is 1.03. The summed E-state index contributed by atoms with van der Waals surface area (Å²) in [5, 5.41) is 9.67. The van der Waals surface area contributed by atoms with Crippen molar-refractivity contribution in [1.29, 1.82) is 5.26 Å². The summed E-state index contributed by atoms with van der Waals surface area (Å²) in [7, 11) is 1.65. The summed E-state index contributed by atoms with van der Waals surface area (Å²) in [4.78, 5) is 0. The number of hydrogen-bond acceptors (Lipinski definition) is 2. The fourth-order valence-corrected chi connectivity index (χ4v) is 1.59. The molecule has 0 saturated heterocycles. The molecule has 0 fully saturated rings. The number of nitriles is 1. The molecular formula is C11H10N2O. The van der Waals surface area contributed by atoms with E-state index in [0.29, 0.717) is 6.54 Å². The van der Waals surface area contributed by atoms with E-state index in [0.717, 1.165) is 16.7 Å². The fraction of sp³-hybridized carbons (Fsp3) is 0.182. The van der Waals surface area contributed by atoms with Crippen LogP contribution in [0.2, 0.25) is 0 Å². The van der Waals surface area contributed by atoms with E-state index in [1.165, 1.54) is 0 Å². The van der Waals surface area contributed by atoms with Crippen LogP contribution in [0.15, 0.2) is 30.5 Å². The van der Waals surface area contributed by atoms with Crippen molar-refractivity contribution in [3.63, 3.8) is 0 Å². The van der Waals surface area contributed by atoms with Gasteiger partial charge in [-0.1, -0.05) is 6.07 Å². The van der Waals surface area contributed by atoms with E-state index >= 15 is 0 Å². The molecule has 0 aliphatic heterocycles. The van der Waals surface area contributed by atoms with E-state index in [1.54, 1.807) is 7.11 Å². The van der Waals surface area contributed by atoms with Gasteiger partial charge in [-0.3, -0.25) is 0 Å². The van der Waals surface area contributed by atoms with Gasteiger partial charge in [-0.15, -0.1) is 0 Å². The molecule has 0 bridgehead atoms. The molecule has 0 atom stereocenters. The molecule has 1 aromatic heterocycles. The van der Waals surface area contributed by atoms with Crippen molar-refractivity contribution in [2.45, 2.75) is 6.54 Å². The average Bonchev–Trinajstić information content (AvgIpc) is 2.62. The topological polar surface area (TPSA) is 38.0 Å². The van der Waals surface area contributed by atoms with Crippen LogP contribution in [0.3, 0.4) is 0 Å². The maximum Gasteiger partial charge on any atom is 0.128 e. The van der Waals surface area contributed by atoms with Gasteiger partial charge in [0.25, 0.3) is 0 Å². The predicted octanol–water partition coefficient (Wildman–Crippen LogP) is 2.17. The number of methoxy groups -OCH3 is 1. The van der Waals surface area contributed by atoms with Crippen LogP contribution in [-0.2, 0) is 6.54 Å². The molecule has 1 heterocycles. The molecule has 0 saturated carbocycles. The first-order valence-electron chi connectivity index (χ1n) is 4.35. The van der Waals surface area contributed by atoms with Crippen LogP contribution < -0.4 is 4.74 Å². The number of nitrogens with zero attached hydrogens (tertiary/aromatic N) is 2. The standard InChI is InChI=1S/C11H10N2O/c1-14-11-4-2-3-10-9(11)5-7-13(10)8-6-12/h2-5,7H,8H2,1H3. The van der Waals surface area contributed by atoms with Crippen LogP contribution in [0.5, 0.6) is 5.75 Å². The van der Waals surface area contributed by atoms with E-state index in [-0.39, 0.29) is 0 Å². The maximum atomic E-state index is 8.62. The Balaban J connectivity index is 2.64. The van der Waals surface area contributed by atoms with Crippen LogP contribution in [0, 0.1) is 11.3 Å². The maximum absolute atomic E-state index is 8.62. The molecule has 0 spiro atoms. The quantitative estimate of drug-likeness (QED) is 0.720. The number of benzene rings is 1. The third-order valence-corrected chi connectivity index (χ3v) is 2.23. The summed E-state index contributed by atoms with van der Waals surface area (Å²) < 4.78 is 7.12. The van der Waals surface area contributed by atoms with Crippen molar-refractivity contribution in [1.82, 2.24) is 4.57 Å². The molecular weight excluding hydrogens is 176 g/mol. The minimum atomic E-state index is 0.372. The van der Waals surface area contributed by atoms with Gasteiger partial charge in [-0.05, 0) is 18.2 Å². The molecule has 2 rings (SSSR count). The molecule has 0 radical (unpaired) electrons. The third-order valence-electron chi connectivity index (χ3n) is 2.23. The van der Waals surface area contributed by atoms with Gasteiger partial charge in [0.2, 0.25) is 0 Å². The monoisotopic (exact) mass is 186 g/mol. The first-order valence-corrected chi connectivity index (χ1v) is 4.35. The van der Waals surface area contributed by atoms with Crippen LogP contribution in [0.25, 0.3) is 10.9 Å². The smallest absolute Gasteiger partial charge is 0.128 e. The summed E-state index contributed by atoms with van der Waals surface area (Å²) >= 11 is 0. The Bertz CT molecular complexity index is 493. The average molecular weight is 186 g/mol. The van der Waals surface area contributed by atoms with Gasteiger partial charge in [0.1, 0.15) is 12.3 Å². The summed E-state index contributed by atoms with van der Waals surface area (Å²) in [6.45, 7) is 0.372. The van der Waals surface area contributed by atoms with Gasteiger partial charge in [0.15, 0.2) is 0 Å². The van der Waals surface area contributed by atoms with Gasteiger partial charge in [-0.25, -0.2) is 0 Å². The Morgan fingerprint density at radius 2 is 2.29 bits per heavy atom. The van der Waals surface area contributed by atoms with Crippen molar-refractivity contribution < 1.29 is 4.74 Å². The Hall–Kier alpha value is -1.95. The molecule has 70 valence electrons. The van der Waals surface area contributed by atoms with Crippen molar-refractivity contribution in [3.05, 3.63) is 30.5 Å². The second-order valence-electron chi connectivity index (χ2n) is 2.99. The Labute approximate surface area is 82.1 Å². The molecule has 1 aromatic carbocycles. The first-order chi connectivity index (χ1) is 6.86. The Morgan fingerprint density at radius 3 is 3.00 bits per heavy atom. The minimum Gasteiger partial charge on any atom is -0.496 e. The van der Waals surface area contributed by atoms with E-state index in [9.17, 15) is 0 Å². The molecule has 0 N–H and O–H groups in total. The van der Waals surface area contributed by atoms with Crippen molar-refractivity contribution in [2.24, 2.45) is 0 Å². The van der Waals surface area contributed by atoms with Gasteiger partial charge in [0, 0.05) is 11.6 Å². The van der Waals surface area contributed by atoms with Crippen molar-refractivity contribution in [2.75, 3.05) is 7.11 Å². The second-order valence-corrected chi connectivity index (χ2v) is 2.99. The fourth-order valence-electron chi connectivity index (χ4n) is 1.59. The number of aromatic nitrogens is 1. The summed E-state index contributed by atoms with van der Waals surface area (Å²) in [5.74, 6) is 0.846. The van der Waals surface area contributed by atoms with Crippen molar-refractivity contribution in [3.8, 4) is 11.8 Å². The Morgan fingerprint density at radius 1 is 1.43 bits per heavy atom. The van der Waals surface area contributed by atoms with Gasteiger partial charge in [-0.2, -0.15) is 5.26 Å². The lowest BCUT2D eigenvalue weighted by Gasteiger charge is -2.02. The van der Waals surface area contributed by atoms with Crippen LogP contribution in [0.4, 0.5) is 0 Å². The molecule has 0 amide bonds. The molecule has 0 aliphatic carbocycles. The molecule has 2 aromatic rings. The zero-order chi connectivity index (χ0) is 9.97. The van der Waals surface area contributed by atoms with Crippen molar-refractivity contribution >= 4 is 10.9 Å². The largest absolute Gasteiger partial charge is 0.496 e. The number of ether oxygens (including phenoxy) is 1. The first kappa shape index (κ1) is 8.64. The summed E-state index contributed by atoms with van der Waals surface area (Å²) in [6, 6.07) is 9.91. The van der Waals surface area contributed by atoms with Crippen LogP contribution >= 0.6 is 0 Å². The molecule has 0 aliphatic rings. The molecule has 14 heavy (non-hydrogen) atoms. The molecule has 0 unspecified atom stereocenters. The molecule has 3 heteroatoms. The van der Waals surface area contributed by atoms with Crippen LogP contribution in [-0.4, -0.2) is 11.7 Å². The SMILES string of the molecule is COc1cccc2c1ccn2CC#N. The number of rotatable bonds is 2. The zero-order valence-electron chi connectivity index (χ0n) is 7.90. The minimum absolute atomic E-state index is 0.372. The van der Waals surface area contributed by atoms with E-state index in [2.05, 4.69) is 6.07 Å². The van der Waals surface area contributed by atoms with Gasteiger partial charge >= 0.3 is 0 Å². The van der Waals surface area contributed by atoms with E-state index in [4.69, 9.17) is 10.00 Å². The zero-order valence-corrected chi connectivity index (χ0v) is 7.90. The lowest BCUT2D eigenvalue weighted by molar-refractivity contribution is 0.420. The lowest BCUT2D eigenvalue weighted by atomic mass is 10.2. The van der Waals surface area contributed by atoms with Crippen LogP contribution in [0.1, 0.15) is 0 Å². The number of fused-ring (bicyclic) bond motifs is 1. The van der Waals surface area contributed by atoms with Gasteiger partial charge < -0.3 is 9.30 Å². The summed E-state index contributed by atoms with van der Waals surface area (Å²) in [6.07, 6.45) is 1.90. The highest BCUT2D eigenvalue weighted by atomic mass is 16.5. The van der Waals surface area contributed by atoms with E-state index < -0.39 is 0 Å². The molecule has 3 nitrogen and oxygen atoms in total. The second kappa shape index (κ2) is 3.43. The normalized spacial score (nSPS) is 10.0. The predicted molar refractivity (Wildman–Crippen MR) is 54.1 cm³/mol. The van der Waals surface area contributed by atoms with Gasteiger partial charge in [0.05, 0.1) is 18.7 Å². The number of hydrogen-bond donors (Lipinski definition) is 0. The Kier molecular flexibility index (Phi) is 2.11. The highest BCUT2D eigenvalue weighted by molar-refractivity contribution is 5.86. The highest BCUT2D eigenvalue weighted by Crippen LogP contribution is 2.25.